The zero-order valence-electron chi connectivity index (χ0n) is 13.6. The van der Waals surface area contributed by atoms with Crippen molar-refractivity contribution < 1.29 is 4.79 Å². The number of hydrogen-bond donors (Lipinski definition) is 0. The Morgan fingerprint density at radius 3 is 2.38 bits per heavy atom. The van der Waals surface area contributed by atoms with Crippen LogP contribution in [0, 0.1) is 0 Å². The predicted molar refractivity (Wildman–Crippen MR) is 99.4 cm³/mol. The molecule has 2 fully saturated rings. The van der Waals surface area contributed by atoms with Crippen LogP contribution < -0.4 is 0 Å². The van der Waals surface area contributed by atoms with Gasteiger partial charge in [-0.3, -0.25) is 9.48 Å². The van der Waals surface area contributed by atoms with E-state index in [0.29, 0.717) is 18.1 Å². The molecule has 2 aromatic rings. The van der Waals surface area contributed by atoms with Gasteiger partial charge in [-0.25, -0.2) is 0 Å². The highest BCUT2D eigenvalue weighted by molar-refractivity contribution is 9.10. The molecule has 1 amide bonds. The number of piperidine rings is 1. The van der Waals surface area contributed by atoms with Gasteiger partial charge in [0.2, 0.25) is 0 Å². The molecule has 1 aromatic carbocycles. The van der Waals surface area contributed by atoms with Crippen molar-refractivity contribution >= 4 is 33.6 Å². The molecule has 4 rings (SSSR count). The van der Waals surface area contributed by atoms with Crippen LogP contribution in [0.5, 0.6) is 0 Å². The van der Waals surface area contributed by atoms with Gasteiger partial charge in [0.15, 0.2) is 0 Å². The summed E-state index contributed by atoms with van der Waals surface area (Å²) in [5.41, 5.74) is 0.810. The van der Waals surface area contributed by atoms with Gasteiger partial charge in [-0.15, -0.1) is 11.8 Å². The molecule has 4 nitrogen and oxygen atoms in total. The van der Waals surface area contributed by atoms with E-state index in [4.69, 9.17) is 0 Å². The second-order valence-electron chi connectivity index (χ2n) is 6.59. The Balaban J connectivity index is 1.52. The Bertz CT molecular complexity index is 731. The van der Waals surface area contributed by atoms with Gasteiger partial charge in [0.05, 0.1) is 16.7 Å². The Morgan fingerprint density at radius 1 is 1.17 bits per heavy atom. The highest BCUT2D eigenvalue weighted by Crippen LogP contribution is 2.41. The molecular formula is C18H20BrN3OS. The molecule has 2 atom stereocenters. The van der Waals surface area contributed by atoms with E-state index in [1.54, 1.807) is 11.8 Å². The summed E-state index contributed by atoms with van der Waals surface area (Å²) in [5.74, 6) is 0.190. The third kappa shape index (κ3) is 2.90. The van der Waals surface area contributed by atoms with E-state index >= 15 is 0 Å². The first-order chi connectivity index (χ1) is 11.7. The van der Waals surface area contributed by atoms with Gasteiger partial charge in [0.1, 0.15) is 0 Å². The number of benzene rings is 1. The third-order valence-corrected chi connectivity index (χ3v) is 6.38. The van der Waals surface area contributed by atoms with Gasteiger partial charge < -0.3 is 4.90 Å². The summed E-state index contributed by atoms with van der Waals surface area (Å²) in [7, 11) is 0. The zero-order valence-corrected chi connectivity index (χ0v) is 16.0. The molecule has 0 aliphatic carbocycles. The maximum absolute atomic E-state index is 13.0. The van der Waals surface area contributed by atoms with Gasteiger partial charge >= 0.3 is 0 Å². The Kier molecular flexibility index (Phi) is 4.43. The first-order valence-electron chi connectivity index (χ1n) is 8.32. The lowest BCUT2D eigenvalue weighted by Crippen LogP contribution is -2.47. The van der Waals surface area contributed by atoms with E-state index in [0.717, 1.165) is 35.7 Å². The van der Waals surface area contributed by atoms with E-state index in [9.17, 15) is 4.79 Å². The second-order valence-corrected chi connectivity index (χ2v) is 8.39. The number of halogens is 1. The average molecular weight is 406 g/mol. The van der Waals surface area contributed by atoms with Crippen LogP contribution in [0.2, 0.25) is 0 Å². The fraction of sp³-hybridized carbons (Fsp3) is 0.444. The summed E-state index contributed by atoms with van der Waals surface area (Å²) in [6.07, 6.45) is 10.2. The summed E-state index contributed by atoms with van der Waals surface area (Å²) < 4.78 is 3.08. The van der Waals surface area contributed by atoms with Crippen LogP contribution in [0.4, 0.5) is 0 Å². The number of thioether (sulfide) groups is 1. The summed E-state index contributed by atoms with van der Waals surface area (Å²) in [4.78, 5) is 16.3. The fourth-order valence-corrected chi connectivity index (χ4v) is 4.80. The van der Waals surface area contributed by atoms with Crippen LogP contribution in [0.1, 0.15) is 42.1 Å². The zero-order chi connectivity index (χ0) is 16.7. The van der Waals surface area contributed by atoms with Crippen LogP contribution in [-0.2, 0) is 0 Å². The van der Waals surface area contributed by atoms with Gasteiger partial charge in [-0.2, -0.15) is 5.10 Å². The minimum atomic E-state index is 0.190. The highest BCUT2D eigenvalue weighted by atomic mass is 79.9. The Hall–Kier alpha value is -1.27. The smallest absolute Gasteiger partial charge is 0.254 e. The molecule has 2 saturated heterocycles. The molecule has 0 spiro atoms. The standard InChI is InChI=1S/C18H20BrN3OS/c1-24-17-6-2-12(3-7-17)18(23)22-14-4-5-15(22)9-16(8-14)21-11-13(19)10-20-21/h2-3,6-7,10-11,14-16H,4-5,8-9H2,1H3. The SMILES string of the molecule is CSc1ccc(C(=O)N2C3CCC2CC(n2cc(Br)cn2)C3)cc1. The number of fused-ring (bicyclic) bond motifs is 2. The molecule has 2 aliphatic rings. The van der Waals surface area contributed by atoms with E-state index in [1.165, 1.54) is 4.90 Å². The largest absolute Gasteiger partial charge is 0.333 e. The molecule has 6 heteroatoms. The highest BCUT2D eigenvalue weighted by Gasteiger charge is 2.44. The molecule has 2 unspecified atom stereocenters. The average Bonchev–Trinajstić information content (AvgIpc) is 3.15. The van der Waals surface area contributed by atoms with Crippen molar-refractivity contribution in [2.24, 2.45) is 0 Å². The number of hydrogen-bond acceptors (Lipinski definition) is 3. The number of aromatic nitrogens is 2. The van der Waals surface area contributed by atoms with Crippen molar-refractivity contribution in [3.05, 3.63) is 46.7 Å². The summed E-state index contributed by atoms with van der Waals surface area (Å²) in [5, 5.41) is 4.45. The van der Waals surface area contributed by atoms with Crippen LogP contribution in [0.25, 0.3) is 0 Å². The van der Waals surface area contributed by atoms with Crippen molar-refractivity contribution in [3.8, 4) is 0 Å². The van der Waals surface area contributed by atoms with Crippen molar-refractivity contribution in [3.63, 3.8) is 0 Å². The second kappa shape index (κ2) is 6.56. The number of rotatable bonds is 3. The van der Waals surface area contributed by atoms with Crippen LogP contribution in [0.3, 0.4) is 0 Å². The molecular weight excluding hydrogens is 386 g/mol. The minimum Gasteiger partial charge on any atom is -0.333 e. The number of nitrogens with zero attached hydrogens (tertiary/aromatic N) is 3. The topological polar surface area (TPSA) is 38.1 Å². The molecule has 2 bridgehead atoms. The summed E-state index contributed by atoms with van der Waals surface area (Å²) >= 11 is 5.17. The van der Waals surface area contributed by atoms with E-state index in [2.05, 4.69) is 36.9 Å². The summed E-state index contributed by atoms with van der Waals surface area (Å²) in [6.45, 7) is 0. The number of amides is 1. The minimum absolute atomic E-state index is 0.190. The van der Waals surface area contributed by atoms with Crippen molar-refractivity contribution in [1.82, 2.24) is 14.7 Å². The van der Waals surface area contributed by atoms with E-state index in [-0.39, 0.29) is 5.91 Å². The molecule has 3 heterocycles. The molecule has 126 valence electrons. The molecule has 0 N–H and O–H groups in total. The van der Waals surface area contributed by atoms with Gasteiger partial charge in [0, 0.05) is 28.7 Å². The van der Waals surface area contributed by atoms with E-state index < -0.39 is 0 Å². The Labute approximate surface area is 154 Å². The fourth-order valence-electron chi connectivity index (χ4n) is 4.09. The van der Waals surface area contributed by atoms with Crippen molar-refractivity contribution in [1.29, 1.82) is 0 Å². The maximum atomic E-state index is 13.0. The predicted octanol–water partition coefficient (Wildman–Crippen LogP) is 4.38. The first-order valence-corrected chi connectivity index (χ1v) is 10.3. The molecule has 0 saturated carbocycles. The quantitative estimate of drug-likeness (QED) is 0.711. The molecule has 2 aliphatic heterocycles. The molecule has 24 heavy (non-hydrogen) atoms. The lowest BCUT2D eigenvalue weighted by molar-refractivity contribution is 0.0524. The number of carbonyl (C=O) groups excluding carboxylic acids is 1. The van der Waals surface area contributed by atoms with Crippen molar-refractivity contribution in [2.45, 2.75) is 48.7 Å². The van der Waals surface area contributed by atoms with E-state index in [1.807, 2.05) is 36.7 Å². The van der Waals surface area contributed by atoms with Crippen molar-refractivity contribution in [2.75, 3.05) is 6.26 Å². The maximum Gasteiger partial charge on any atom is 0.254 e. The normalized spacial score (nSPS) is 25.9. The Morgan fingerprint density at radius 2 is 1.83 bits per heavy atom. The molecule has 0 radical (unpaired) electrons. The van der Waals surface area contributed by atoms with Crippen LogP contribution in [0.15, 0.2) is 46.0 Å². The van der Waals surface area contributed by atoms with Gasteiger partial charge in [-0.1, -0.05) is 0 Å². The van der Waals surface area contributed by atoms with Crippen LogP contribution in [-0.4, -0.2) is 38.9 Å². The lowest BCUT2D eigenvalue weighted by atomic mass is 9.96. The first kappa shape index (κ1) is 16.2. The lowest BCUT2D eigenvalue weighted by Gasteiger charge is -2.39. The third-order valence-electron chi connectivity index (χ3n) is 5.22. The van der Waals surface area contributed by atoms with Crippen LogP contribution >= 0.6 is 27.7 Å². The number of carbonyl (C=O) groups is 1. The van der Waals surface area contributed by atoms with Gasteiger partial charge in [0.25, 0.3) is 5.91 Å². The monoisotopic (exact) mass is 405 g/mol. The molecule has 1 aromatic heterocycles. The summed E-state index contributed by atoms with van der Waals surface area (Å²) in [6, 6.07) is 9.07. The van der Waals surface area contributed by atoms with Gasteiger partial charge in [-0.05, 0) is 72.1 Å².